The zero-order valence-corrected chi connectivity index (χ0v) is 14.3. The first-order valence-electron chi connectivity index (χ1n) is 7.11. The van der Waals surface area contributed by atoms with Crippen molar-refractivity contribution in [1.82, 2.24) is 9.97 Å². The summed E-state index contributed by atoms with van der Waals surface area (Å²) in [5.41, 5.74) is 4.78. The molecule has 0 aliphatic carbocycles. The number of fused-ring (bicyclic) bond motifs is 1. The van der Waals surface area contributed by atoms with Crippen LogP contribution >= 0.6 is 23.4 Å². The fraction of sp³-hybridized carbons (Fsp3) is 0.353. The van der Waals surface area contributed by atoms with Gasteiger partial charge in [-0.25, -0.2) is 4.98 Å². The van der Waals surface area contributed by atoms with Gasteiger partial charge in [0.1, 0.15) is 0 Å². The van der Waals surface area contributed by atoms with Gasteiger partial charge in [-0.05, 0) is 51.8 Å². The number of aromatic amines is 1. The van der Waals surface area contributed by atoms with Crippen molar-refractivity contribution in [2.45, 2.75) is 38.8 Å². The third-order valence-electron chi connectivity index (χ3n) is 3.17. The molecule has 4 heteroatoms. The summed E-state index contributed by atoms with van der Waals surface area (Å²) in [5, 5.41) is 1.68. The van der Waals surface area contributed by atoms with Crippen LogP contribution in [0.25, 0.3) is 11.0 Å². The lowest BCUT2D eigenvalue weighted by Crippen LogP contribution is -1.81. The van der Waals surface area contributed by atoms with Crippen molar-refractivity contribution in [3.63, 3.8) is 0 Å². The van der Waals surface area contributed by atoms with E-state index in [2.05, 4.69) is 42.9 Å². The van der Waals surface area contributed by atoms with Crippen LogP contribution in [0.2, 0.25) is 5.02 Å². The number of hydrogen-bond acceptors (Lipinski definition) is 2. The van der Waals surface area contributed by atoms with Gasteiger partial charge in [-0.15, -0.1) is 0 Å². The van der Waals surface area contributed by atoms with E-state index in [0.29, 0.717) is 0 Å². The van der Waals surface area contributed by atoms with Crippen LogP contribution in [0.4, 0.5) is 0 Å². The number of thioether (sulfide) groups is 1. The Balaban J connectivity index is 1.88. The Hall–Kier alpha value is -1.19. The van der Waals surface area contributed by atoms with E-state index in [-0.39, 0.29) is 0 Å². The lowest BCUT2D eigenvalue weighted by molar-refractivity contribution is 0.964. The fourth-order valence-electron chi connectivity index (χ4n) is 1.98. The predicted molar refractivity (Wildman–Crippen MR) is 94.2 cm³/mol. The molecule has 0 bridgehead atoms. The molecule has 0 atom stereocenters. The highest BCUT2D eigenvalue weighted by molar-refractivity contribution is 7.99. The second-order valence-corrected chi connectivity index (χ2v) is 6.83. The number of imidazole rings is 1. The topological polar surface area (TPSA) is 28.7 Å². The Morgan fingerprint density at radius 2 is 2.10 bits per heavy atom. The highest BCUT2D eigenvalue weighted by Crippen LogP contribution is 2.22. The van der Waals surface area contributed by atoms with Gasteiger partial charge in [0.05, 0.1) is 11.0 Å². The molecule has 0 radical (unpaired) electrons. The van der Waals surface area contributed by atoms with Crippen LogP contribution in [0.3, 0.4) is 0 Å². The molecule has 0 fully saturated rings. The van der Waals surface area contributed by atoms with Crippen molar-refractivity contribution < 1.29 is 0 Å². The van der Waals surface area contributed by atoms with Crippen LogP contribution < -0.4 is 0 Å². The summed E-state index contributed by atoms with van der Waals surface area (Å²) in [7, 11) is 0. The Morgan fingerprint density at radius 3 is 2.86 bits per heavy atom. The summed E-state index contributed by atoms with van der Waals surface area (Å²) < 4.78 is 0. The van der Waals surface area contributed by atoms with Gasteiger partial charge in [0.25, 0.3) is 0 Å². The van der Waals surface area contributed by atoms with Crippen LogP contribution in [0.1, 0.15) is 33.6 Å². The molecule has 1 heterocycles. The number of benzene rings is 1. The molecule has 21 heavy (non-hydrogen) atoms. The molecular weight excluding hydrogens is 300 g/mol. The number of aromatic nitrogens is 2. The summed E-state index contributed by atoms with van der Waals surface area (Å²) in [6.07, 6.45) is 6.82. The van der Waals surface area contributed by atoms with Gasteiger partial charge in [-0.3, -0.25) is 0 Å². The van der Waals surface area contributed by atoms with Gasteiger partial charge in [0, 0.05) is 10.8 Å². The van der Waals surface area contributed by atoms with E-state index in [0.717, 1.165) is 39.8 Å². The highest BCUT2D eigenvalue weighted by Gasteiger charge is 2.03. The van der Waals surface area contributed by atoms with E-state index in [9.17, 15) is 0 Å². The minimum atomic E-state index is 0.734. The average molecular weight is 321 g/mol. The normalized spacial score (nSPS) is 11.9. The minimum absolute atomic E-state index is 0.734. The van der Waals surface area contributed by atoms with Crippen molar-refractivity contribution in [2.24, 2.45) is 0 Å². The van der Waals surface area contributed by atoms with Crippen molar-refractivity contribution in [1.29, 1.82) is 0 Å². The van der Waals surface area contributed by atoms with Gasteiger partial charge in [-0.2, -0.15) is 0 Å². The summed E-state index contributed by atoms with van der Waals surface area (Å²) in [5.74, 6) is 0.939. The third-order valence-corrected chi connectivity index (χ3v) is 4.20. The predicted octanol–water partition coefficient (Wildman–Crippen LogP) is 6.00. The molecule has 112 valence electrons. The zero-order chi connectivity index (χ0) is 15.2. The first-order chi connectivity index (χ1) is 10.0. The molecule has 1 aromatic carbocycles. The maximum absolute atomic E-state index is 5.98. The first kappa shape index (κ1) is 16.2. The van der Waals surface area contributed by atoms with Crippen molar-refractivity contribution in [3.8, 4) is 0 Å². The fourth-order valence-corrected chi connectivity index (χ4v) is 3.02. The summed E-state index contributed by atoms with van der Waals surface area (Å²) >= 11 is 7.69. The average Bonchev–Trinajstić information content (AvgIpc) is 2.80. The second kappa shape index (κ2) is 7.71. The largest absolute Gasteiger partial charge is 0.333 e. The molecule has 2 aromatic rings. The van der Waals surface area contributed by atoms with Crippen molar-refractivity contribution in [2.75, 3.05) is 5.75 Å². The van der Waals surface area contributed by atoms with E-state index < -0.39 is 0 Å². The Bertz CT molecular complexity index is 666. The van der Waals surface area contributed by atoms with Crippen LogP contribution in [0.5, 0.6) is 0 Å². The molecular formula is C17H21ClN2S. The van der Waals surface area contributed by atoms with Crippen molar-refractivity contribution in [3.05, 3.63) is 46.5 Å². The summed E-state index contributed by atoms with van der Waals surface area (Å²) in [6, 6.07) is 5.72. The Morgan fingerprint density at radius 1 is 1.29 bits per heavy atom. The Labute approximate surface area is 135 Å². The number of nitrogens with one attached hydrogen (secondary N) is 1. The summed E-state index contributed by atoms with van der Waals surface area (Å²) in [4.78, 5) is 7.84. The van der Waals surface area contributed by atoms with Crippen molar-refractivity contribution >= 4 is 34.4 Å². The standard InChI is InChI=1S/C17H21ClN2S/c1-12(2)5-4-6-13(3)9-10-21-17-19-15-8-7-14(18)11-16(15)20-17/h5,7-9,11H,4,6,10H2,1-3H3,(H,19,20)/b13-9+. The van der Waals surface area contributed by atoms with Crippen LogP contribution in [-0.2, 0) is 0 Å². The number of hydrogen-bond donors (Lipinski definition) is 1. The number of halogens is 1. The molecule has 0 aliphatic rings. The molecule has 2 rings (SSSR count). The minimum Gasteiger partial charge on any atom is -0.333 e. The zero-order valence-electron chi connectivity index (χ0n) is 12.7. The van der Waals surface area contributed by atoms with Gasteiger partial charge in [0.2, 0.25) is 0 Å². The Kier molecular flexibility index (Phi) is 5.95. The molecule has 2 nitrogen and oxygen atoms in total. The number of nitrogens with zero attached hydrogens (tertiary/aromatic N) is 1. The monoisotopic (exact) mass is 320 g/mol. The van der Waals surface area contributed by atoms with Gasteiger partial charge < -0.3 is 4.98 Å². The van der Waals surface area contributed by atoms with Gasteiger partial charge >= 0.3 is 0 Å². The number of rotatable bonds is 6. The molecule has 1 aromatic heterocycles. The van der Waals surface area contributed by atoms with E-state index in [1.807, 2.05) is 18.2 Å². The number of allylic oxidation sites excluding steroid dienone is 3. The van der Waals surface area contributed by atoms with Crippen LogP contribution in [0.15, 0.2) is 46.7 Å². The molecule has 0 spiro atoms. The van der Waals surface area contributed by atoms with E-state index in [1.165, 1.54) is 11.1 Å². The lowest BCUT2D eigenvalue weighted by atomic mass is 10.1. The molecule has 0 saturated heterocycles. The SMILES string of the molecule is CC(C)=CCC/C(C)=C/CSc1nc2ccc(Cl)cc2[nH]1. The maximum Gasteiger partial charge on any atom is 0.166 e. The highest BCUT2D eigenvalue weighted by atomic mass is 35.5. The van der Waals surface area contributed by atoms with E-state index in [4.69, 9.17) is 11.6 Å². The molecule has 0 aliphatic heterocycles. The van der Waals surface area contributed by atoms with Crippen LogP contribution in [-0.4, -0.2) is 15.7 Å². The first-order valence-corrected chi connectivity index (χ1v) is 8.48. The van der Waals surface area contributed by atoms with E-state index in [1.54, 1.807) is 11.8 Å². The van der Waals surface area contributed by atoms with Crippen LogP contribution in [0, 0.1) is 0 Å². The molecule has 0 amide bonds. The molecule has 1 N–H and O–H groups in total. The van der Waals surface area contributed by atoms with Gasteiger partial charge in [-0.1, -0.05) is 46.7 Å². The molecule has 0 unspecified atom stereocenters. The third kappa shape index (κ3) is 5.25. The number of H-pyrrole nitrogens is 1. The smallest absolute Gasteiger partial charge is 0.166 e. The second-order valence-electron chi connectivity index (χ2n) is 5.39. The maximum atomic E-state index is 5.98. The summed E-state index contributed by atoms with van der Waals surface area (Å²) in [6.45, 7) is 6.48. The van der Waals surface area contributed by atoms with Gasteiger partial charge in [0.15, 0.2) is 5.16 Å². The van der Waals surface area contributed by atoms with E-state index >= 15 is 0 Å². The quantitative estimate of drug-likeness (QED) is 0.522. The molecule has 0 saturated carbocycles. The lowest BCUT2D eigenvalue weighted by Gasteiger charge is -1.98.